The molecular formula is C22H24N4O2. The van der Waals surface area contributed by atoms with E-state index >= 15 is 0 Å². The fourth-order valence-electron chi connectivity index (χ4n) is 2.77. The minimum absolute atomic E-state index is 0.215. The number of carbonyl (C=O) groups excluding carboxylic acids is 1. The van der Waals surface area contributed by atoms with Crippen molar-refractivity contribution in [3.63, 3.8) is 0 Å². The number of nitrogens with zero attached hydrogens (tertiary/aromatic N) is 2. The average Bonchev–Trinajstić information content (AvgIpc) is 2.73. The van der Waals surface area contributed by atoms with Crippen molar-refractivity contribution >= 4 is 11.7 Å². The molecule has 6 heteroatoms. The van der Waals surface area contributed by atoms with Crippen molar-refractivity contribution in [1.82, 2.24) is 15.3 Å². The van der Waals surface area contributed by atoms with Crippen LogP contribution in [0.25, 0.3) is 0 Å². The SMILES string of the molecule is COc1ccc(CCNc2cc(C(=O)NCc3ccccc3)nc(C)n2)cc1. The van der Waals surface area contributed by atoms with Gasteiger partial charge in [-0.1, -0.05) is 42.5 Å². The number of ether oxygens (including phenoxy) is 1. The van der Waals surface area contributed by atoms with Gasteiger partial charge in [0.15, 0.2) is 0 Å². The summed E-state index contributed by atoms with van der Waals surface area (Å²) in [7, 11) is 1.65. The highest BCUT2D eigenvalue weighted by Gasteiger charge is 2.10. The van der Waals surface area contributed by atoms with Crippen LogP contribution in [0.15, 0.2) is 60.7 Å². The molecule has 1 aromatic heterocycles. The summed E-state index contributed by atoms with van der Waals surface area (Å²) in [6.07, 6.45) is 0.836. The molecule has 3 aromatic rings. The zero-order valence-electron chi connectivity index (χ0n) is 16.1. The van der Waals surface area contributed by atoms with Gasteiger partial charge in [-0.25, -0.2) is 9.97 Å². The van der Waals surface area contributed by atoms with Gasteiger partial charge in [0.1, 0.15) is 23.1 Å². The summed E-state index contributed by atoms with van der Waals surface area (Å²) in [4.78, 5) is 21.1. The van der Waals surface area contributed by atoms with E-state index in [-0.39, 0.29) is 5.91 Å². The molecule has 2 N–H and O–H groups in total. The van der Waals surface area contributed by atoms with Crippen LogP contribution in [0, 0.1) is 6.92 Å². The van der Waals surface area contributed by atoms with E-state index < -0.39 is 0 Å². The van der Waals surface area contributed by atoms with E-state index in [2.05, 4.69) is 20.6 Å². The van der Waals surface area contributed by atoms with Crippen molar-refractivity contribution < 1.29 is 9.53 Å². The van der Waals surface area contributed by atoms with Crippen molar-refractivity contribution in [2.24, 2.45) is 0 Å². The Hall–Kier alpha value is -3.41. The van der Waals surface area contributed by atoms with Gasteiger partial charge in [-0.15, -0.1) is 0 Å². The molecular weight excluding hydrogens is 352 g/mol. The number of aryl methyl sites for hydroxylation is 1. The second-order valence-corrected chi connectivity index (χ2v) is 6.38. The normalized spacial score (nSPS) is 10.4. The molecule has 0 saturated carbocycles. The Labute approximate surface area is 165 Å². The van der Waals surface area contributed by atoms with Crippen molar-refractivity contribution in [2.75, 3.05) is 19.0 Å². The summed E-state index contributed by atoms with van der Waals surface area (Å²) >= 11 is 0. The van der Waals surface area contributed by atoms with Crippen LogP contribution >= 0.6 is 0 Å². The van der Waals surface area contributed by atoms with Crippen LogP contribution in [0.1, 0.15) is 27.4 Å². The smallest absolute Gasteiger partial charge is 0.270 e. The number of hydrogen-bond acceptors (Lipinski definition) is 5. The highest BCUT2D eigenvalue weighted by atomic mass is 16.5. The van der Waals surface area contributed by atoms with E-state index in [4.69, 9.17) is 4.74 Å². The zero-order valence-corrected chi connectivity index (χ0v) is 16.1. The molecule has 0 aliphatic rings. The maximum absolute atomic E-state index is 12.4. The quantitative estimate of drug-likeness (QED) is 0.630. The Morgan fingerprint density at radius 1 is 1.00 bits per heavy atom. The lowest BCUT2D eigenvalue weighted by atomic mass is 10.1. The van der Waals surface area contributed by atoms with Gasteiger partial charge in [-0.3, -0.25) is 4.79 Å². The highest BCUT2D eigenvalue weighted by Crippen LogP contribution is 2.12. The Balaban J connectivity index is 1.56. The summed E-state index contributed by atoms with van der Waals surface area (Å²) in [5.41, 5.74) is 2.59. The number of benzene rings is 2. The Morgan fingerprint density at radius 2 is 1.75 bits per heavy atom. The molecule has 0 aliphatic heterocycles. The molecule has 1 amide bonds. The van der Waals surface area contributed by atoms with Gasteiger partial charge < -0.3 is 15.4 Å². The first-order valence-corrected chi connectivity index (χ1v) is 9.18. The molecule has 0 spiro atoms. The van der Waals surface area contributed by atoms with Crippen LogP contribution in [0.2, 0.25) is 0 Å². The third kappa shape index (κ3) is 5.54. The fraction of sp³-hybridized carbons (Fsp3) is 0.227. The van der Waals surface area contributed by atoms with Crippen LogP contribution in [0.5, 0.6) is 5.75 Å². The standard InChI is InChI=1S/C22H24N4O2/c1-16-25-20(22(27)24-15-18-6-4-3-5-7-18)14-21(26-16)23-13-12-17-8-10-19(28-2)11-9-17/h3-11,14H,12-13,15H2,1-2H3,(H,24,27)(H,23,25,26). The Morgan fingerprint density at radius 3 is 2.46 bits per heavy atom. The van der Waals surface area contributed by atoms with E-state index in [0.29, 0.717) is 30.4 Å². The van der Waals surface area contributed by atoms with Crippen molar-refractivity contribution in [3.05, 3.63) is 83.3 Å². The zero-order chi connectivity index (χ0) is 19.8. The minimum atomic E-state index is -0.215. The molecule has 28 heavy (non-hydrogen) atoms. The Kier molecular flexibility index (Phi) is 6.57. The van der Waals surface area contributed by atoms with Gasteiger partial charge >= 0.3 is 0 Å². The van der Waals surface area contributed by atoms with Gasteiger partial charge in [-0.05, 0) is 36.6 Å². The second-order valence-electron chi connectivity index (χ2n) is 6.38. The largest absolute Gasteiger partial charge is 0.497 e. The molecule has 144 valence electrons. The first-order valence-electron chi connectivity index (χ1n) is 9.18. The molecule has 1 heterocycles. The Bertz CT molecular complexity index is 912. The van der Waals surface area contributed by atoms with E-state index in [1.54, 1.807) is 20.1 Å². The molecule has 0 radical (unpaired) electrons. The van der Waals surface area contributed by atoms with Gasteiger partial charge in [0.25, 0.3) is 5.91 Å². The average molecular weight is 376 g/mol. The number of amides is 1. The summed E-state index contributed by atoms with van der Waals surface area (Å²) in [6.45, 7) is 2.94. The number of anilines is 1. The molecule has 3 rings (SSSR count). The lowest BCUT2D eigenvalue weighted by Crippen LogP contribution is -2.24. The number of rotatable bonds is 8. The van der Waals surface area contributed by atoms with E-state index in [1.807, 2.05) is 54.6 Å². The van der Waals surface area contributed by atoms with Crippen LogP contribution in [-0.4, -0.2) is 29.5 Å². The molecule has 0 atom stereocenters. The first-order chi connectivity index (χ1) is 13.6. The second kappa shape index (κ2) is 9.50. The van der Waals surface area contributed by atoms with Gasteiger partial charge in [0.05, 0.1) is 7.11 Å². The maximum atomic E-state index is 12.4. The number of aromatic nitrogens is 2. The third-order valence-corrected chi connectivity index (χ3v) is 4.25. The van der Waals surface area contributed by atoms with Crippen LogP contribution in [0.4, 0.5) is 5.82 Å². The van der Waals surface area contributed by atoms with E-state index in [9.17, 15) is 4.79 Å². The first kappa shape index (κ1) is 19.4. The van der Waals surface area contributed by atoms with Gasteiger partial charge in [0.2, 0.25) is 0 Å². The van der Waals surface area contributed by atoms with Gasteiger partial charge in [0, 0.05) is 19.2 Å². The highest BCUT2D eigenvalue weighted by molar-refractivity contribution is 5.92. The van der Waals surface area contributed by atoms with Crippen LogP contribution in [0.3, 0.4) is 0 Å². The molecule has 2 aromatic carbocycles. The number of nitrogens with one attached hydrogen (secondary N) is 2. The summed E-state index contributed by atoms with van der Waals surface area (Å²) in [5, 5.41) is 6.16. The van der Waals surface area contributed by atoms with Crippen LogP contribution in [-0.2, 0) is 13.0 Å². The molecule has 0 unspecified atom stereocenters. The molecule has 0 aliphatic carbocycles. The molecule has 6 nitrogen and oxygen atoms in total. The third-order valence-electron chi connectivity index (χ3n) is 4.25. The fourth-order valence-corrected chi connectivity index (χ4v) is 2.77. The van der Waals surface area contributed by atoms with Gasteiger partial charge in [-0.2, -0.15) is 0 Å². The predicted octanol–water partition coefficient (Wildman–Crippen LogP) is 3.38. The minimum Gasteiger partial charge on any atom is -0.497 e. The van der Waals surface area contributed by atoms with Crippen LogP contribution < -0.4 is 15.4 Å². The van der Waals surface area contributed by atoms with E-state index in [1.165, 1.54) is 5.56 Å². The van der Waals surface area contributed by atoms with Crippen molar-refractivity contribution in [3.8, 4) is 5.75 Å². The lowest BCUT2D eigenvalue weighted by Gasteiger charge is -2.10. The number of carbonyl (C=O) groups is 1. The molecule has 0 saturated heterocycles. The predicted molar refractivity (Wildman–Crippen MR) is 110 cm³/mol. The lowest BCUT2D eigenvalue weighted by molar-refractivity contribution is 0.0945. The van der Waals surface area contributed by atoms with Crippen molar-refractivity contribution in [1.29, 1.82) is 0 Å². The molecule has 0 bridgehead atoms. The monoisotopic (exact) mass is 376 g/mol. The summed E-state index contributed by atoms with van der Waals surface area (Å²) in [6, 6.07) is 19.4. The maximum Gasteiger partial charge on any atom is 0.270 e. The number of hydrogen-bond donors (Lipinski definition) is 2. The topological polar surface area (TPSA) is 76.1 Å². The summed E-state index contributed by atoms with van der Waals surface area (Å²) < 4.78 is 5.17. The summed E-state index contributed by atoms with van der Waals surface area (Å²) in [5.74, 6) is 1.83. The number of methoxy groups -OCH3 is 1. The van der Waals surface area contributed by atoms with Crippen molar-refractivity contribution in [2.45, 2.75) is 19.9 Å². The molecule has 0 fully saturated rings. The van der Waals surface area contributed by atoms with E-state index in [0.717, 1.165) is 17.7 Å².